The zero-order valence-electron chi connectivity index (χ0n) is 16.7. The highest BCUT2D eigenvalue weighted by Gasteiger charge is 2.32. The van der Waals surface area contributed by atoms with Crippen LogP contribution in [0.4, 0.5) is 0 Å². The molecule has 3 heterocycles. The van der Waals surface area contributed by atoms with Gasteiger partial charge < -0.3 is 14.8 Å². The molecule has 0 unspecified atom stereocenters. The van der Waals surface area contributed by atoms with Gasteiger partial charge >= 0.3 is 0 Å². The molecule has 0 radical (unpaired) electrons. The molecule has 1 aromatic carbocycles. The zero-order valence-corrected chi connectivity index (χ0v) is 16.7. The van der Waals surface area contributed by atoms with Crippen molar-refractivity contribution < 1.29 is 0 Å². The van der Waals surface area contributed by atoms with Crippen molar-refractivity contribution >= 4 is 11.0 Å². The van der Waals surface area contributed by atoms with Crippen LogP contribution in [0.15, 0.2) is 24.3 Å². The highest BCUT2D eigenvalue weighted by Crippen LogP contribution is 2.35. The molecule has 0 spiro atoms. The molecule has 1 saturated carbocycles. The van der Waals surface area contributed by atoms with Crippen molar-refractivity contribution in [3.05, 3.63) is 30.1 Å². The Morgan fingerprint density at radius 1 is 1.00 bits per heavy atom. The summed E-state index contributed by atoms with van der Waals surface area (Å²) in [7, 11) is 0. The number of hydrogen-bond acceptors (Lipinski definition) is 3. The van der Waals surface area contributed by atoms with Crippen molar-refractivity contribution in [3.63, 3.8) is 0 Å². The highest BCUT2D eigenvalue weighted by molar-refractivity contribution is 5.76. The number of benzene rings is 1. The van der Waals surface area contributed by atoms with Gasteiger partial charge in [0.1, 0.15) is 5.82 Å². The first-order chi connectivity index (χ1) is 13.3. The van der Waals surface area contributed by atoms with Crippen molar-refractivity contribution in [3.8, 4) is 0 Å². The van der Waals surface area contributed by atoms with E-state index in [1.165, 1.54) is 74.9 Å². The van der Waals surface area contributed by atoms with E-state index in [1.807, 2.05) is 0 Å². The zero-order chi connectivity index (χ0) is 18.2. The topological polar surface area (TPSA) is 33.1 Å². The van der Waals surface area contributed by atoms with E-state index in [0.717, 1.165) is 25.0 Å². The molecule has 1 aromatic heterocycles. The van der Waals surface area contributed by atoms with Crippen LogP contribution in [0.2, 0.25) is 0 Å². The second-order valence-electron chi connectivity index (χ2n) is 9.09. The number of imidazole rings is 1. The van der Waals surface area contributed by atoms with Gasteiger partial charge in [0.25, 0.3) is 0 Å². The molecule has 4 nitrogen and oxygen atoms in total. The van der Waals surface area contributed by atoms with Gasteiger partial charge in [0.05, 0.1) is 11.0 Å². The molecular weight excluding hydrogens is 332 g/mol. The molecule has 3 fully saturated rings. The fourth-order valence-electron chi connectivity index (χ4n) is 5.67. The van der Waals surface area contributed by atoms with Crippen LogP contribution in [0.1, 0.15) is 69.7 Å². The maximum atomic E-state index is 5.05. The first-order valence-corrected chi connectivity index (χ1v) is 11.2. The predicted octanol–water partition coefficient (Wildman–Crippen LogP) is 4.33. The lowest BCUT2D eigenvalue weighted by molar-refractivity contribution is 0.0911. The Labute approximate surface area is 163 Å². The van der Waals surface area contributed by atoms with Crippen LogP contribution in [0.3, 0.4) is 0 Å². The van der Waals surface area contributed by atoms with E-state index in [0.29, 0.717) is 12.0 Å². The summed E-state index contributed by atoms with van der Waals surface area (Å²) in [5, 5.41) is 3.43. The Balaban J connectivity index is 1.33. The lowest BCUT2D eigenvalue weighted by Crippen LogP contribution is -2.45. The van der Waals surface area contributed by atoms with Gasteiger partial charge in [0.2, 0.25) is 0 Å². The molecule has 2 aromatic rings. The molecule has 146 valence electrons. The molecule has 0 amide bonds. The molecule has 0 bridgehead atoms. The number of aromatic nitrogens is 2. The number of nitrogens with zero attached hydrogens (tertiary/aromatic N) is 3. The summed E-state index contributed by atoms with van der Waals surface area (Å²) in [5.41, 5.74) is 2.52. The van der Waals surface area contributed by atoms with Crippen LogP contribution in [-0.2, 0) is 0 Å². The fraction of sp³-hybridized carbons (Fsp3) is 0.696. The monoisotopic (exact) mass is 366 g/mol. The van der Waals surface area contributed by atoms with Gasteiger partial charge in [0.15, 0.2) is 0 Å². The maximum Gasteiger partial charge on any atom is 0.115 e. The Hall–Kier alpha value is -1.39. The third-order valence-corrected chi connectivity index (χ3v) is 7.54. The summed E-state index contributed by atoms with van der Waals surface area (Å²) >= 11 is 0. The molecular formula is C23H34N4. The average Bonchev–Trinajstić information content (AvgIpc) is 3.05. The maximum absolute atomic E-state index is 5.05. The van der Waals surface area contributed by atoms with Gasteiger partial charge in [-0.15, -0.1) is 0 Å². The Morgan fingerprint density at radius 2 is 1.74 bits per heavy atom. The van der Waals surface area contributed by atoms with E-state index < -0.39 is 0 Å². The van der Waals surface area contributed by atoms with E-state index in [-0.39, 0.29) is 0 Å². The van der Waals surface area contributed by atoms with E-state index in [4.69, 9.17) is 4.98 Å². The normalized spacial score (nSPS) is 24.9. The van der Waals surface area contributed by atoms with E-state index >= 15 is 0 Å². The van der Waals surface area contributed by atoms with Crippen LogP contribution < -0.4 is 5.32 Å². The summed E-state index contributed by atoms with van der Waals surface area (Å²) in [4.78, 5) is 7.83. The Bertz CT molecular complexity index is 764. The summed E-state index contributed by atoms with van der Waals surface area (Å²) in [6, 6.07) is 10.1. The van der Waals surface area contributed by atoms with Crippen molar-refractivity contribution in [2.45, 2.75) is 69.9 Å². The molecule has 1 N–H and O–H groups in total. The summed E-state index contributed by atoms with van der Waals surface area (Å²) < 4.78 is 2.61. The molecule has 27 heavy (non-hydrogen) atoms. The van der Waals surface area contributed by atoms with Crippen LogP contribution >= 0.6 is 0 Å². The van der Waals surface area contributed by atoms with Gasteiger partial charge in [-0.3, -0.25) is 0 Å². The molecule has 3 aliphatic rings. The number of hydrogen-bond donors (Lipinski definition) is 1. The van der Waals surface area contributed by atoms with Gasteiger partial charge in [-0.2, -0.15) is 0 Å². The van der Waals surface area contributed by atoms with Crippen LogP contribution in [0, 0.1) is 5.92 Å². The number of nitrogens with one attached hydrogen (secondary N) is 1. The van der Waals surface area contributed by atoms with Crippen LogP contribution in [0.5, 0.6) is 0 Å². The lowest BCUT2D eigenvalue weighted by atomic mass is 9.83. The Morgan fingerprint density at radius 3 is 2.44 bits per heavy atom. The van der Waals surface area contributed by atoms with Crippen molar-refractivity contribution in [2.75, 3.05) is 26.2 Å². The fourth-order valence-corrected chi connectivity index (χ4v) is 5.67. The number of para-hydroxylation sites is 2. The minimum absolute atomic E-state index is 0.594. The predicted molar refractivity (Wildman–Crippen MR) is 111 cm³/mol. The number of rotatable bonds is 4. The third-order valence-electron chi connectivity index (χ3n) is 7.54. The second-order valence-corrected chi connectivity index (χ2v) is 9.09. The van der Waals surface area contributed by atoms with E-state index in [2.05, 4.69) is 46.0 Å². The minimum atomic E-state index is 0.594. The highest BCUT2D eigenvalue weighted by atomic mass is 15.2. The molecule has 2 saturated heterocycles. The second kappa shape index (κ2) is 7.56. The van der Waals surface area contributed by atoms with Gasteiger partial charge in [0, 0.05) is 44.2 Å². The first kappa shape index (κ1) is 17.7. The third kappa shape index (κ3) is 3.31. The van der Waals surface area contributed by atoms with Crippen molar-refractivity contribution in [1.82, 2.24) is 19.8 Å². The minimum Gasteiger partial charge on any atom is -0.324 e. The molecule has 1 atom stereocenters. The first-order valence-electron chi connectivity index (χ1n) is 11.2. The standard InChI is InChI=1S/C23H34N4/c1-17(18-7-3-2-4-8-18)26-13-11-20(12-14-26)27-22-10-6-5-9-21(22)25-23(27)19-15-24-16-19/h5-6,9-10,17-20,24H,2-4,7-8,11-16H2,1H3/t17-/m0/s1. The smallest absolute Gasteiger partial charge is 0.115 e. The largest absolute Gasteiger partial charge is 0.324 e. The van der Waals surface area contributed by atoms with Gasteiger partial charge in [-0.1, -0.05) is 31.4 Å². The van der Waals surface area contributed by atoms with E-state index in [1.54, 1.807) is 0 Å². The van der Waals surface area contributed by atoms with Crippen molar-refractivity contribution in [2.24, 2.45) is 5.92 Å². The number of likely N-dealkylation sites (tertiary alicyclic amines) is 1. The molecule has 5 rings (SSSR count). The Kier molecular flexibility index (Phi) is 4.95. The van der Waals surface area contributed by atoms with E-state index in [9.17, 15) is 0 Å². The lowest BCUT2D eigenvalue weighted by Gasteiger charge is -2.41. The van der Waals surface area contributed by atoms with Crippen LogP contribution in [0.25, 0.3) is 11.0 Å². The SMILES string of the molecule is C[C@@H](C1CCCCC1)N1CCC(n2c(C3CNC3)nc3ccccc32)CC1. The summed E-state index contributed by atoms with van der Waals surface area (Å²) in [5.74, 6) is 2.85. The summed E-state index contributed by atoms with van der Waals surface area (Å²) in [6.07, 6.45) is 9.79. The molecule has 4 heteroatoms. The number of piperidine rings is 1. The average molecular weight is 367 g/mol. The summed E-state index contributed by atoms with van der Waals surface area (Å²) in [6.45, 7) is 7.16. The van der Waals surface area contributed by atoms with Gasteiger partial charge in [-0.05, 0) is 50.7 Å². The molecule has 2 aliphatic heterocycles. The van der Waals surface area contributed by atoms with Crippen LogP contribution in [-0.4, -0.2) is 46.7 Å². The number of fused-ring (bicyclic) bond motifs is 1. The quantitative estimate of drug-likeness (QED) is 0.874. The van der Waals surface area contributed by atoms with Crippen molar-refractivity contribution in [1.29, 1.82) is 0 Å². The molecule has 1 aliphatic carbocycles. The van der Waals surface area contributed by atoms with Gasteiger partial charge in [-0.25, -0.2) is 4.98 Å².